The van der Waals surface area contributed by atoms with E-state index in [2.05, 4.69) is 54.8 Å². The van der Waals surface area contributed by atoms with E-state index in [1.54, 1.807) is 0 Å². The summed E-state index contributed by atoms with van der Waals surface area (Å²) >= 11 is 0. The third-order valence-electron chi connectivity index (χ3n) is 7.16. The molecule has 2 aliphatic carbocycles. The minimum absolute atomic E-state index is 0.609. The SMILES string of the molecule is Cc1ccccc1N1C(C2CCCC2)N(C2CCCC2)C(C)[C@@H]1C. The third-order valence-corrected chi connectivity index (χ3v) is 7.16. The average Bonchev–Trinajstić information content (AvgIpc) is 3.31. The van der Waals surface area contributed by atoms with Crippen molar-refractivity contribution in [3.05, 3.63) is 29.8 Å². The molecule has 3 atom stereocenters. The molecule has 2 heteroatoms. The maximum Gasteiger partial charge on any atom is 0.0858 e. The third kappa shape index (κ3) is 2.67. The van der Waals surface area contributed by atoms with Gasteiger partial charge in [0.15, 0.2) is 0 Å². The second-order valence-electron chi connectivity index (χ2n) is 8.52. The van der Waals surface area contributed by atoms with Crippen LogP contribution < -0.4 is 4.90 Å². The van der Waals surface area contributed by atoms with Gasteiger partial charge in [-0.25, -0.2) is 0 Å². The summed E-state index contributed by atoms with van der Waals surface area (Å²) in [6.45, 7) is 7.24. The zero-order chi connectivity index (χ0) is 16.7. The molecule has 0 aromatic heterocycles. The normalized spacial score (nSPS) is 33.0. The molecule has 2 unspecified atom stereocenters. The molecule has 1 saturated heterocycles. The van der Waals surface area contributed by atoms with Crippen LogP contribution in [0.4, 0.5) is 5.69 Å². The maximum absolute atomic E-state index is 2.96. The van der Waals surface area contributed by atoms with E-state index in [1.165, 1.54) is 62.6 Å². The van der Waals surface area contributed by atoms with E-state index in [0.29, 0.717) is 18.2 Å². The van der Waals surface area contributed by atoms with Crippen LogP contribution in [0.15, 0.2) is 24.3 Å². The van der Waals surface area contributed by atoms with Crippen molar-refractivity contribution < 1.29 is 0 Å². The van der Waals surface area contributed by atoms with Gasteiger partial charge in [0.1, 0.15) is 0 Å². The standard InChI is InChI=1S/C22H34N2/c1-16-10-4-9-15-21(16)24-18(3)17(2)23(20-13-7-8-14-20)22(24)19-11-5-6-12-19/h4,9-10,15,17-20,22H,5-8,11-14H2,1-3H3/t17?,18-,22?/m0/s1. The second kappa shape index (κ2) is 6.71. The fourth-order valence-electron chi connectivity index (χ4n) is 5.80. The van der Waals surface area contributed by atoms with Gasteiger partial charge in [0, 0.05) is 23.8 Å². The van der Waals surface area contributed by atoms with Crippen LogP contribution in [-0.2, 0) is 0 Å². The molecule has 1 aliphatic heterocycles. The van der Waals surface area contributed by atoms with E-state index in [-0.39, 0.29) is 0 Å². The van der Waals surface area contributed by atoms with Gasteiger partial charge in [0.05, 0.1) is 6.17 Å². The molecule has 3 aliphatic rings. The smallest absolute Gasteiger partial charge is 0.0858 e. The molecule has 1 aromatic rings. The number of anilines is 1. The van der Waals surface area contributed by atoms with E-state index in [0.717, 1.165) is 12.0 Å². The number of rotatable bonds is 3. The lowest BCUT2D eigenvalue weighted by Crippen LogP contribution is -2.49. The molecule has 0 spiro atoms. The first kappa shape index (κ1) is 16.4. The van der Waals surface area contributed by atoms with E-state index < -0.39 is 0 Å². The maximum atomic E-state index is 2.96. The Morgan fingerprint density at radius 2 is 1.46 bits per heavy atom. The van der Waals surface area contributed by atoms with Gasteiger partial charge < -0.3 is 4.90 Å². The van der Waals surface area contributed by atoms with Crippen molar-refractivity contribution in [2.75, 3.05) is 4.90 Å². The van der Waals surface area contributed by atoms with Crippen molar-refractivity contribution in [3.63, 3.8) is 0 Å². The highest BCUT2D eigenvalue weighted by Gasteiger charge is 2.49. The van der Waals surface area contributed by atoms with Gasteiger partial charge in [0.2, 0.25) is 0 Å². The monoisotopic (exact) mass is 326 g/mol. The lowest BCUT2D eigenvalue weighted by atomic mass is 10.00. The molecule has 24 heavy (non-hydrogen) atoms. The molecule has 1 aromatic carbocycles. The topological polar surface area (TPSA) is 6.48 Å². The first-order valence-corrected chi connectivity index (χ1v) is 10.3. The van der Waals surface area contributed by atoms with Gasteiger partial charge in [-0.2, -0.15) is 0 Å². The first-order chi connectivity index (χ1) is 11.7. The summed E-state index contributed by atoms with van der Waals surface area (Å²) in [6.07, 6.45) is 12.1. The summed E-state index contributed by atoms with van der Waals surface area (Å²) in [5.41, 5.74) is 2.92. The molecule has 3 fully saturated rings. The highest BCUT2D eigenvalue weighted by atomic mass is 15.5. The van der Waals surface area contributed by atoms with Crippen molar-refractivity contribution in [2.45, 2.75) is 96.4 Å². The van der Waals surface area contributed by atoms with Crippen LogP contribution in [0.1, 0.15) is 70.8 Å². The fraction of sp³-hybridized carbons (Fsp3) is 0.727. The fourth-order valence-corrected chi connectivity index (χ4v) is 5.80. The summed E-state index contributed by atoms with van der Waals surface area (Å²) < 4.78 is 0. The van der Waals surface area contributed by atoms with Crippen molar-refractivity contribution in [3.8, 4) is 0 Å². The summed E-state index contributed by atoms with van der Waals surface area (Å²) in [6, 6.07) is 11.2. The van der Waals surface area contributed by atoms with Gasteiger partial charge in [-0.15, -0.1) is 0 Å². The molecule has 4 rings (SSSR count). The summed E-state index contributed by atoms with van der Waals surface area (Å²) in [4.78, 5) is 5.77. The van der Waals surface area contributed by atoms with Gasteiger partial charge in [0.25, 0.3) is 0 Å². The van der Waals surface area contributed by atoms with E-state index in [1.807, 2.05) is 0 Å². The minimum Gasteiger partial charge on any atom is -0.351 e. The number of nitrogens with zero attached hydrogens (tertiary/aromatic N) is 2. The Morgan fingerprint density at radius 3 is 2.12 bits per heavy atom. The predicted molar refractivity (Wildman–Crippen MR) is 102 cm³/mol. The molecule has 2 nitrogen and oxygen atoms in total. The molecular formula is C22H34N2. The largest absolute Gasteiger partial charge is 0.351 e. The van der Waals surface area contributed by atoms with Crippen LogP contribution in [-0.4, -0.2) is 29.2 Å². The zero-order valence-electron chi connectivity index (χ0n) is 15.7. The zero-order valence-corrected chi connectivity index (χ0v) is 15.7. The van der Waals surface area contributed by atoms with Crippen LogP contribution in [0.25, 0.3) is 0 Å². The molecule has 0 bridgehead atoms. The van der Waals surface area contributed by atoms with Crippen molar-refractivity contribution in [2.24, 2.45) is 5.92 Å². The van der Waals surface area contributed by atoms with E-state index >= 15 is 0 Å². The van der Waals surface area contributed by atoms with E-state index in [4.69, 9.17) is 0 Å². The van der Waals surface area contributed by atoms with Crippen molar-refractivity contribution in [1.29, 1.82) is 0 Å². The van der Waals surface area contributed by atoms with Crippen molar-refractivity contribution >= 4 is 5.69 Å². The van der Waals surface area contributed by atoms with Crippen LogP contribution >= 0.6 is 0 Å². The van der Waals surface area contributed by atoms with Gasteiger partial charge in [-0.1, -0.05) is 43.9 Å². The number of aryl methyl sites for hydroxylation is 1. The number of hydrogen-bond donors (Lipinski definition) is 0. The summed E-state index contributed by atoms with van der Waals surface area (Å²) in [5.74, 6) is 0.859. The lowest BCUT2D eigenvalue weighted by molar-refractivity contribution is 0.101. The number of benzene rings is 1. The van der Waals surface area contributed by atoms with Crippen LogP contribution in [0.3, 0.4) is 0 Å². The number of para-hydroxylation sites is 1. The molecule has 0 N–H and O–H groups in total. The second-order valence-corrected chi connectivity index (χ2v) is 8.52. The quantitative estimate of drug-likeness (QED) is 0.738. The highest BCUT2D eigenvalue weighted by Crippen LogP contribution is 2.44. The number of hydrogen-bond acceptors (Lipinski definition) is 2. The predicted octanol–water partition coefficient (Wildman–Crippen LogP) is 5.35. The van der Waals surface area contributed by atoms with Gasteiger partial charge in [-0.3, -0.25) is 4.90 Å². The average molecular weight is 327 g/mol. The van der Waals surface area contributed by atoms with Crippen molar-refractivity contribution in [1.82, 2.24) is 4.90 Å². The Morgan fingerprint density at radius 1 is 0.833 bits per heavy atom. The molecule has 0 amide bonds. The van der Waals surface area contributed by atoms with Gasteiger partial charge >= 0.3 is 0 Å². The Bertz CT molecular complexity index is 557. The molecular weight excluding hydrogens is 292 g/mol. The Balaban J connectivity index is 1.73. The molecule has 0 radical (unpaired) electrons. The summed E-state index contributed by atoms with van der Waals surface area (Å²) in [5, 5.41) is 0. The Labute approximate surface area is 148 Å². The highest BCUT2D eigenvalue weighted by molar-refractivity contribution is 5.56. The minimum atomic E-state index is 0.609. The molecule has 1 heterocycles. The van der Waals surface area contributed by atoms with Crippen LogP contribution in [0.2, 0.25) is 0 Å². The summed E-state index contributed by atoms with van der Waals surface area (Å²) in [7, 11) is 0. The molecule has 2 saturated carbocycles. The van der Waals surface area contributed by atoms with Crippen LogP contribution in [0, 0.1) is 12.8 Å². The van der Waals surface area contributed by atoms with Gasteiger partial charge in [-0.05, 0) is 64.0 Å². The Hall–Kier alpha value is -1.02. The lowest BCUT2D eigenvalue weighted by Gasteiger charge is -2.40. The first-order valence-electron chi connectivity index (χ1n) is 10.3. The molecule has 132 valence electrons. The van der Waals surface area contributed by atoms with Crippen LogP contribution in [0.5, 0.6) is 0 Å². The Kier molecular flexibility index (Phi) is 4.60. The van der Waals surface area contributed by atoms with E-state index in [9.17, 15) is 0 Å².